The molecule has 3 N–H and O–H groups in total. The first-order valence-electron chi connectivity index (χ1n) is 10.3. The summed E-state index contributed by atoms with van der Waals surface area (Å²) in [5.41, 5.74) is 8.86. The molecule has 1 fully saturated rings. The van der Waals surface area contributed by atoms with Crippen LogP contribution >= 0.6 is 23.4 Å². The van der Waals surface area contributed by atoms with Crippen molar-refractivity contribution in [3.63, 3.8) is 0 Å². The number of anilines is 1. The number of thioether (sulfide) groups is 1. The molecule has 9 heteroatoms. The zero-order valence-corrected chi connectivity index (χ0v) is 18.4. The fourth-order valence-corrected chi connectivity index (χ4v) is 5.33. The van der Waals surface area contributed by atoms with Crippen molar-refractivity contribution in [3.8, 4) is 11.4 Å². The summed E-state index contributed by atoms with van der Waals surface area (Å²) in [6, 6.07) is 8.23. The Morgan fingerprint density at radius 1 is 1.19 bits per heavy atom. The van der Waals surface area contributed by atoms with E-state index in [1.807, 2.05) is 18.2 Å². The van der Waals surface area contributed by atoms with Crippen LogP contribution in [0.3, 0.4) is 0 Å². The number of halogens is 1. The van der Waals surface area contributed by atoms with Gasteiger partial charge < -0.3 is 15.8 Å². The van der Waals surface area contributed by atoms with Crippen molar-refractivity contribution >= 4 is 46.0 Å². The van der Waals surface area contributed by atoms with Crippen molar-refractivity contribution < 1.29 is 9.53 Å². The third-order valence-corrected chi connectivity index (χ3v) is 6.85. The number of carbonyl (C=O) groups is 1. The van der Waals surface area contributed by atoms with Gasteiger partial charge in [-0.05, 0) is 40.8 Å². The summed E-state index contributed by atoms with van der Waals surface area (Å²) < 4.78 is 5.67. The average molecular weight is 456 g/mol. The number of carbonyl (C=O) groups excluding carboxylic acids is 1. The minimum Gasteiger partial charge on any atom is -0.372 e. The first kappa shape index (κ1) is 20.5. The van der Waals surface area contributed by atoms with Crippen LogP contribution < -0.4 is 11.1 Å². The lowest BCUT2D eigenvalue weighted by molar-refractivity contribution is -0.119. The first-order chi connectivity index (χ1) is 15.1. The van der Waals surface area contributed by atoms with E-state index >= 15 is 0 Å². The van der Waals surface area contributed by atoms with Gasteiger partial charge in [0.25, 0.3) is 0 Å². The molecule has 1 saturated carbocycles. The molecule has 5 rings (SSSR count). The Hall–Kier alpha value is -2.42. The molecule has 2 aliphatic rings. The van der Waals surface area contributed by atoms with Crippen LogP contribution in [0.1, 0.15) is 36.8 Å². The number of rotatable bonds is 5. The normalized spacial score (nSPS) is 16.0. The molecule has 0 atom stereocenters. The molecule has 0 unspecified atom stereocenters. The molecule has 0 saturated heterocycles. The van der Waals surface area contributed by atoms with Gasteiger partial charge in [0, 0.05) is 11.6 Å². The van der Waals surface area contributed by atoms with Crippen molar-refractivity contribution in [2.24, 2.45) is 0 Å². The van der Waals surface area contributed by atoms with Crippen LogP contribution in [-0.2, 0) is 22.7 Å². The molecular weight excluding hydrogens is 434 g/mol. The highest BCUT2D eigenvalue weighted by atomic mass is 35.5. The molecule has 0 bridgehead atoms. The summed E-state index contributed by atoms with van der Waals surface area (Å²) in [5, 5.41) is 6.10. The number of amides is 1. The predicted molar refractivity (Wildman–Crippen MR) is 122 cm³/mol. The van der Waals surface area contributed by atoms with Gasteiger partial charge in [-0.2, -0.15) is 9.97 Å². The van der Waals surface area contributed by atoms with Gasteiger partial charge in [-0.1, -0.05) is 54.4 Å². The second-order valence-electron chi connectivity index (χ2n) is 7.86. The molecule has 0 spiro atoms. The van der Waals surface area contributed by atoms with Crippen LogP contribution in [0.5, 0.6) is 0 Å². The highest BCUT2D eigenvalue weighted by molar-refractivity contribution is 7.99. The molecule has 1 aliphatic carbocycles. The largest absolute Gasteiger partial charge is 0.372 e. The van der Waals surface area contributed by atoms with E-state index in [1.165, 1.54) is 24.6 Å². The summed E-state index contributed by atoms with van der Waals surface area (Å²) in [5.74, 6) is 0.723. The number of benzene rings is 2. The zero-order valence-electron chi connectivity index (χ0n) is 16.9. The summed E-state index contributed by atoms with van der Waals surface area (Å²) in [6.45, 7) is 1.08. The van der Waals surface area contributed by atoms with Crippen molar-refractivity contribution in [3.05, 3.63) is 40.4 Å². The zero-order chi connectivity index (χ0) is 21.4. The molecule has 1 amide bonds. The molecule has 160 valence electrons. The van der Waals surface area contributed by atoms with Crippen LogP contribution in [0, 0.1) is 0 Å². The minimum atomic E-state index is -0.0166. The van der Waals surface area contributed by atoms with Crippen LogP contribution in [-0.4, -0.2) is 32.7 Å². The maximum Gasteiger partial charge on any atom is 0.230 e. The van der Waals surface area contributed by atoms with E-state index in [9.17, 15) is 4.79 Å². The topological polar surface area (TPSA) is 103 Å². The number of nitrogens with zero attached hydrogens (tertiary/aromatic N) is 3. The number of hydrogen-bond acceptors (Lipinski definition) is 7. The van der Waals surface area contributed by atoms with Crippen LogP contribution in [0.2, 0.25) is 5.02 Å². The molecule has 2 heterocycles. The third-order valence-electron chi connectivity index (χ3n) is 5.70. The van der Waals surface area contributed by atoms with E-state index in [0.717, 1.165) is 40.3 Å². The number of hydrogen-bond donors (Lipinski definition) is 2. The Bertz CT molecular complexity index is 1170. The number of aromatic nitrogens is 3. The van der Waals surface area contributed by atoms with Crippen molar-refractivity contribution in [1.82, 2.24) is 20.3 Å². The Labute approximate surface area is 189 Å². The van der Waals surface area contributed by atoms with Gasteiger partial charge in [0.15, 0.2) is 11.0 Å². The molecular formula is C22H22ClN5O2S. The van der Waals surface area contributed by atoms with E-state index in [1.54, 1.807) is 0 Å². The molecule has 7 nitrogen and oxygen atoms in total. The van der Waals surface area contributed by atoms with E-state index in [4.69, 9.17) is 22.1 Å². The van der Waals surface area contributed by atoms with Gasteiger partial charge >= 0.3 is 0 Å². The lowest BCUT2D eigenvalue weighted by Crippen LogP contribution is -2.33. The first-order valence-corrected chi connectivity index (χ1v) is 11.7. The lowest BCUT2D eigenvalue weighted by Gasteiger charge is -2.20. The molecule has 2 aromatic carbocycles. The summed E-state index contributed by atoms with van der Waals surface area (Å²) >= 11 is 7.91. The molecule has 1 aliphatic heterocycles. The number of ether oxygens (including phenoxy) is 1. The third kappa shape index (κ3) is 4.20. The molecule has 3 aromatic rings. The predicted octanol–water partition coefficient (Wildman–Crippen LogP) is 4.11. The molecule has 31 heavy (non-hydrogen) atoms. The smallest absolute Gasteiger partial charge is 0.230 e. The fourth-order valence-electron chi connectivity index (χ4n) is 4.36. The van der Waals surface area contributed by atoms with Gasteiger partial charge in [-0.3, -0.25) is 4.79 Å². The van der Waals surface area contributed by atoms with Crippen LogP contribution in [0.4, 0.5) is 5.95 Å². The second kappa shape index (κ2) is 8.61. The Balaban J connectivity index is 1.46. The number of nitrogen functional groups attached to an aromatic ring is 1. The van der Waals surface area contributed by atoms with Gasteiger partial charge in [-0.15, -0.1) is 0 Å². The minimum absolute atomic E-state index is 0.0166. The van der Waals surface area contributed by atoms with Crippen LogP contribution in [0.15, 0.2) is 29.4 Å². The Morgan fingerprint density at radius 3 is 2.84 bits per heavy atom. The van der Waals surface area contributed by atoms with Crippen molar-refractivity contribution in [1.29, 1.82) is 0 Å². The van der Waals surface area contributed by atoms with E-state index < -0.39 is 0 Å². The van der Waals surface area contributed by atoms with Gasteiger partial charge in [0.2, 0.25) is 11.9 Å². The SMILES string of the molecule is Nc1nc(SCC(=O)NC2CCCC2)nc(-c2c(Cl)cc3c4c(cccc24)COC3)n1. The Kier molecular flexibility index (Phi) is 5.69. The van der Waals surface area contributed by atoms with Crippen molar-refractivity contribution in [2.45, 2.75) is 50.1 Å². The molecule has 1 aromatic heterocycles. The summed E-state index contributed by atoms with van der Waals surface area (Å²) in [7, 11) is 0. The molecule has 0 radical (unpaired) electrons. The fraction of sp³-hybridized carbons (Fsp3) is 0.364. The summed E-state index contributed by atoms with van der Waals surface area (Å²) in [4.78, 5) is 25.4. The highest BCUT2D eigenvalue weighted by Crippen LogP contribution is 2.39. The average Bonchev–Trinajstić information content (AvgIpc) is 3.25. The Morgan fingerprint density at radius 2 is 2.00 bits per heavy atom. The van der Waals surface area contributed by atoms with E-state index in [0.29, 0.717) is 29.2 Å². The van der Waals surface area contributed by atoms with Gasteiger partial charge in [0.05, 0.1) is 24.0 Å². The van der Waals surface area contributed by atoms with E-state index in [-0.39, 0.29) is 23.7 Å². The van der Waals surface area contributed by atoms with Gasteiger partial charge in [0.1, 0.15) is 0 Å². The van der Waals surface area contributed by atoms with Crippen molar-refractivity contribution in [2.75, 3.05) is 11.5 Å². The van der Waals surface area contributed by atoms with Gasteiger partial charge in [-0.25, -0.2) is 4.98 Å². The monoisotopic (exact) mass is 455 g/mol. The standard InChI is InChI=1S/C22H22ClN5O2S/c23-16-8-13-10-30-9-12-4-3-7-15(18(12)13)19(16)20-26-21(24)28-22(27-20)31-11-17(29)25-14-5-1-2-6-14/h3-4,7-8,14H,1-2,5-6,9-11H2,(H,25,29)(H2,24,26,27,28). The van der Waals surface area contributed by atoms with E-state index in [2.05, 4.69) is 26.3 Å². The van der Waals surface area contributed by atoms with Crippen LogP contribution in [0.25, 0.3) is 22.2 Å². The quantitative estimate of drug-likeness (QED) is 0.558. The maximum atomic E-state index is 12.3. The second-order valence-corrected chi connectivity index (χ2v) is 9.21. The number of nitrogens with one attached hydrogen (secondary N) is 1. The summed E-state index contributed by atoms with van der Waals surface area (Å²) in [6.07, 6.45) is 4.45. The maximum absolute atomic E-state index is 12.3. The number of nitrogens with two attached hydrogens (primary N) is 1. The lowest BCUT2D eigenvalue weighted by atomic mass is 9.94. The highest BCUT2D eigenvalue weighted by Gasteiger charge is 2.21.